The molecular weight excluding hydrogens is 635 g/mol. The first kappa shape index (κ1) is 29.6. The summed E-state index contributed by atoms with van der Waals surface area (Å²) >= 11 is 1.87. The second-order valence-corrected chi connectivity index (χ2v) is 14.2. The second-order valence-electron chi connectivity index (χ2n) is 13.1. The van der Waals surface area contributed by atoms with Gasteiger partial charge in [-0.1, -0.05) is 158 Å². The van der Waals surface area contributed by atoms with Crippen LogP contribution in [0.5, 0.6) is 0 Å². The molecule has 1 nitrogen and oxygen atoms in total. The maximum Gasteiger partial charge on any atom is 0.0794 e. The van der Waals surface area contributed by atoms with Crippen LogP contribution in [-0.4, -0.2) is 4.98 Å². The predicted octanol–water partition coefficient (Wildman–Crippen LogP) is 14.1. The molecule has 10 rings (SSSR count). The van der Waals surface area contributed by atoms with E-state index in [0.717, 1.165) is 27.9 Å². The Kier molecular flexibility index (Phi) is 7.07. The Balaban J connectivity index is 1.17. The van der Waals surface area contributed by atoms with Crippen molar-refractivity contribution in [2.75, 3.05) is 0 Å². The average molecular weight is 666 g/mol. The van der Waals surface area contributed by atoms with Crippen molar-refractivity contribution in [2.24, 2.45) is 0 Å². The summed E-state index contributed by atoms with van der Waals surface area (Å²) in [6.45, 7) is 0. The monoisotopic (exact) mass is 665 g/mol. The molecular formula is C49H31NS. The van der Waals surface area contributed by atoms with Crippen LogP contribution in [0.4, 0.5) is 0 Å². The van der Waals surface area contributed by atoms with E-state index in [9.17, 15) is 0 Å². The lowest BCUT2D eigenvalue weighted by Crippen LogP contribution is -1.93. The Bertz CT molecular complexity index is 2810. The molecule has 8 aromatic carbocycles. The number of thiophene rings is 1. The molecule has 0 bridgehead atoms. The summed E-state index contributed by atoms with van der Waals surface area (Å²) in [7, 11) is 0. The summed E-state index contributed by atoms with van der Waals surface area (Å²) < 4.78 is 2.61. The first-order valence-corrected chi connectivity index (χ1v) is 18.2. The lowest BCUT2D eigenvalue weighted by molar-refractivity contribution is 1.43. The molecule has 0 aliphatic rings. The average Bonchev–Trinajstić information content (AvgIpc) is 3.60. The highest BCUT2D eigenvalue weighted by molar-refractivity contribution is 7.26. The molecule has 51 heavy (non-hydrogen) atoms. The van der Waals surface area contributed by atoms with Crippen LogP contribution in [0.15, 0.2) is 188 Å². The molecule has 2 heteroatoms. The van der Waals surface area contributed by atoms with Crippen molar-refractivity contribution in [3.63, 3.8) is 0 Å². The van der Waals surface area contributed by atoms with Gasteiger partial charge in [-0.05, 0) is 69.3 Å². The molecule has 0 N–H and O–H groups in total. The highest BCUT2D eigenvalue weighted by atomic mass is 32.1. The molecule has 0 amide bonds. The zero-order chi connectivity index (χ0) is 33.7. The van der Waals surface area contributed by atoms with Crippen LogP contribution in [0.2, 0.25) is 0 Å². The smallest absolute Gasteiger partial charge is 0.0794 e. The van der Waals surface area contributed by atoms with Crippen LogP contribution in [0, 0.1) is 0 Å². The number of benzene rings is 8. The highest BCUT2D eigenvalue weighted by Crippen LogP contribution is 2.45. The number of aromatic nitrogens is 1. The van der Waals surface area contributed by atoms with Crippen LogP contribution < -0.4 is 0 Å². The van der Waals surface area contributed by atoms with Crippen molar-refractivity contribution in [1.82, 2.24) is 4.98 Å². The van der Waals surface area contributed by atoms with Gasteiger partial charge >= 0.3 is 0 Å². The number of rotatable bonds is 5. The van der Waals surface area contributed by atoms with Crippen LogP contribution in [0.3, 0.4) is 0 Å². The van der Waals surface area contributed by atoms with E-state index >= 15 is 0 Å². The predicted molar refractivity (Wildman–Crippen MR) is 219 cm³/mol. The molecule has 238 valence electrons. The van der Waals surface area contributed by atoms with E-state index in [-0.39, 0.29) is 0 Å². The van der Waals surface area contributed by atoms with Gasteiger partial charge < -0.3 is 0 Å². The van der Waals surface area contributed by atoms with Gasteiger partial charge in [0.15, 0.2) is 0 Å². The fourth-order valence-electron chi connectivity index (χ4n) is 7.61. The molecule has 0 fully saturated rings. The summed E-state index contributed by atoms with van der Waals surface area (Å²) in [5.41, 5.74) is 12.7. The lowest BCUT2D eigenvalue weighted by Gasteiger charge is -2.15. The number of pyridine rings is 1. The summed E-state index contributed by atoms with van der Waals surface area (Å²) in [4.78, 5) is 5.50. The second kappa shape index (κ2) is 12.2. The maximum atomic E-state index is 5.50. The van der Waals surface area contributed by atoms with Gasteiger partial charge in [0.1, 0.15) is 0 Å². The largest absolute Gasteiger partial charge is 0.246 e. The summed E-state index contributed by atoms with van der Waals surface area (Å²) in [6, 6.07) is 67.9. The van der Waals surface area contributed by atoms with Crippen molar-refractivity contribution in [2.45, 2.75) is 0 Å². The van der Waals surface area contributed by atoms with Crippen molar-refractivity contribution >= 4 is 53.2 Å². The quantitative estimate of drug-likeness (QED) is 0.167. The van der Waals surface area contributed by atoms with E-state index in [1.807, 2.05) is 11.3 Å². The zero-order valence-electron chi connectivity index (χ0n) is 27.8. The topological polar surface area (TPSA) is 12.9 Å². The van der Waals surface area contributed by atoms with Crippen LogP contribution >= 0.6 is 11.3 Å². The van der Waals surface area contributed by atoms with Crippen LogP contribution in [0.25, 0.3) is 97.6 Å². The minimum Gasteiger partial charge on any atom is -0.246 e. The molecule has 0 saturated heterocycles. The van der Waals surface area contributed by atoms with Crippen LogP contribution in [-0.2, 0) is 0 Å². The Labute approximate surface area is 300 Å². The van der Waals surface area contributed by atoms with Crippen molar-refractivity contribution in [3.05, 3.63) is 188 Å². The van der Waals surface area contributed by atoms with Gasteiger partial charge in [0, 0.05) is 47.5 Å². The minimum atomic E-state index is 1.02. The van der Waals surface area contributed by atoms with E-state index in [1.165, 1.54) is 69.7 Å². The van der Waals surface area contributed by atoms with Crippen LogP contribution in [0.1, 0.15) is 0 Å². The lowest BCUT2D eigenvalue weighted by atomic mass is 9.91. The van der Waals surface area contributed by atoms with Gasteiger partial charge in [0.25, 0.3) is 0 Å². The van der Waals surface area contributed by atoms with Gasteiger partial charge in [0.2, 0.25) is 0 Å². The fourth-order valence-corrected chi connectivity index (χ4v) is 8.73. The number of para-hydroxylation sites is 1. The van der Waals surface area contributed by atoms with E-state index in [4.69, 9.17) is 4.98 Å². The molecule has 0 spiro atoms. The first-order valence-electron chi connectivity index (χ1n) is 17.4. The van der Waals surface area contributed by atoms with E-state index < -0.39 is 0 Å². The Morgan fingerprint density at radius 1 is 0.314 bits per heavy atom. The molecule has 0 radical (unpaired) electrons. The Morgan fingerprint density at radius 2 is 0.843 bits per heavy atom. The fraction of sp³-hybridized carbons (Fsp3) is 0. The van der Waals surface area contributed by atoms with Gasteiger partial charge in [-0.3, -0.25) is 0 Å². The number of hydrogen-bond donors (Lipinski definition) is 0. The molecule has 10 aromatic rings. The normalized spacial score (nSPS) is 11.5. The number of nitrogens with zero attached hydrogens (tertiary/aromatic N) is 1. The van der Waals surface area contributed by atoms with Gasteiger partial charge in [-0.15, -0.1) is 11.3 Å². The first-order chi connectivity index (χ1) is 25.3. The highest BCUT2D eigenvalue weighted by Gasteiger charge is 2.18. The molecule has 0 aliphatic carbocycles. The summed E-state index contributed by atoms with van der Waals surface area (Å²) in [5.74, 6) is 0. The molecule has 2 heterocycles. The SMILES string of the molecule is c1ccc(-c2cc(-c3ccccc3)cc(-c3ccc(-c4cccc5c4nc(-c4ccccc4)c4ccc6sc7ccccc7c6c45)cc3)c2)cc1. The third kappa shape index (κ3) is 5.12. The third-order valence-electron chi connectivity index (χ3n) is 10.1. The molecule has 0 saturated carbocycles. The van der Waals surface area contributed by atoms with Gasteiger partial charge in [-0.2, -0.15) is 0 Å². The van der Waals surface area contributed by atoms with Crippen molar-refractivity contribution < 1.29 is 0 Å². The molecule has 0 unspecified atom stereocenters. The van der Waals surface area contributed by atoms with Gasteiger partial charge in [0.05, 0.1) is 11.2 Å². The number of hydrogen-bond acceptors (Lipinski definition) is 2. The summed E-state index contributed by atoms with van der Waals surface area (Å²) in [6.07, 6.45) is 0. The molecule has 0 atom stereocenters. The standard InChI is InChI=1S/C49H31NS/c1-4-13-32(14-5-1)37-29-38(33-15-6-2-7-16-33)31-39(30-37)34-23-25-35(26-24-34)40-20-12-21-42-46-43(48(50-49(40)42)36-17-8-3-9-18-36)27-28-45-47(46)41-19-10-11-22-44(41)51-45/h1-31H. The number of fused-ring (bicyclic) bond motifs is 7. The Morgan fingerprint density at radius 3 is 1.49 bits per heavy atom. The third-order valence-corrected chi connectivity index (χ3v) is 11.2. The summed E-state index contributed by atoms with van der Waals surface area (Å²) in [5, 5.41) is 6.27. The van der Waals surface area contributed by atoms with E-state index in [1.54, 1.807) is 0 Å². The molecule has 0 aliphatic heterocycles. The van der Waals surface area contributed by atoms with E-state index in [2.05, 4.69) is 188 Å². The van der Waals surface area contributed by atoms with Gasteiger partial charge in [-0.25, -0.2) is 4.98 Å². The minimum absolute atomic E-state index is 1.02. The molecule has 2 aromatic heterocycles. The zero-order valence-corrected chi connectivity index (χ0v) is 28.6. The Hall–Kier alpha value is -6.35. The van der Waals surface area contributed by atoms with Crippen molar-refractivity contribution in [3.8, 4) is 55.8 Å². The van der Waals surface area contributed by atoms with Crippen molar-refractivity contribution in [1.29, 1.82) is 0 Å². The van der Waals surface area contributed by atoms with E-state index in [0.29, 0.717) is 0 Å². The maximum absolute atomic E-state index is 5.50.